The van der Waals surface area contributed by atoms with Gasteiger partial charge in [0.05, 0.1) is 8.95 Å². The first-order valence-corrected chi connectivity index (χ1v) is 9.21. The van der Waals surface area contributed by atoms with E-state index in [1.807, 2.05) is 18.2 Å². The van der Waals surface area contributed by atoms with Crippen LogP contribution < -0.4 is 10.1 Å². The van der Waals surface area contributed by atoms with Gasteiger partial charge < -0.3 is 14.8 Å². The summed E-state index contributed by atoms with van der Waals surface area (Å²) in [6.45, 7) is 6.13. The average molecular weight is 421 g/mol. The maximum absolute atomic E-state index is 6.17. The van der Waals surface area contributed by atoms with Gasteiger partial charge in [0.1, 0.15) is 18.0 Å². The molecule has 0 heterocycles. The van der Waals surface area contributed by atoms with E-state index in [1.54, 1.807) is 0 Å². The van der Waals surface area contributed by atoms with E-state index in [2.05, 4.69) is 51.0 Å². The predicted octanol–water partition coefficient (Wildman–Crippen LogP) is 4.53. The largest absolute Gasteiger partial charge is 0.485 e. The predicted molar refractivity (Wildman–Crippen MR) is 93.0 cm³/mol. The minimum Gasteiger partial charge on any atom is -0.485 e. The van der Waals surface area contributed by atoms with Crippen LogP contribution in [0.25, 0.3) is 0 Å². The van der Waals surface area contributed by atoms with Gasteiger partial charge >= 0.3 is 0 Å². The van der Waals surface area contributed by atoms with Crippen LogP contribution in [-0.2, 0) is 4.74 Å². The molecule has 3 atom stereocenters. The summed E-state index contributed by atoms with van der Waals surface area (Å²) in [5, 5.41) is 3.54. The molecule has 2 rings (SSSR count). The number of halogens is 2. The summed E-state index contributed by atoms with van der Waals surface area (Å²) in [6.07, 6.45) is 3.40. The molecule has 1 saturated carbocycles. The summed E-state index contributed by atoms with van der Waals surface area (Å²) in [7, 11) is 0. The van der Waals surface area contributed by atoms with Crippen molar-refractivity contribution in [2.24, 2.45) is 0 Å². The fraction of sp³-hybridized carbons (Fsp3) is 0.625. The van der Waals surface area contributed by atoms with Gasteiger partial charge in [-0.05, 0) is 63.4 Å². The first-order chi connectivity index (χ1) is 10.2. The Labute approximate surface area is 144 Å². The van der Waals surface area contributed by atoms with E-state index in [9.17, 15) is 0 Å². The molecule has 1 aromatic carbocycles. The molecule has 5 heteroatoms. The van der Waals surface area contributed by atoms with Crippen LogP contribution in [0, 0.1) is 0 Å². The smallest absolute Gasteiger partial charge is 0.148 e. The minimum atomic E-state index is 0.112. The van der Waals surface area contributed by atoms with Crippen LogP contribution in [0.3, 0.4) is 0 Å². The number of rotatable bonds is 8. The van der Waals surface area contributed by atoms with E-state index >= 15 is 0 Å². The fourth-order valence-electron chi connectivity index (χ4n) is 2.45. The molecule has 3 nitrogen and oxygen atoms in total. The van der Waals surface area contributed by atoms with E-state index in [4.69, 9.17) is 9.47 Å². The Bertz CT molecular complexity index is 436. The van der Waals surface area contributed by atoms with Gasteiger partial charge in [-0.25, -0.2) is 0 Å². The molecule has 0 bridgehead atoms. The first-order valence-electron chi connectivity index (χ1n) is 7.63. The third-order valence-electron chi connectivity index (χ3n) is 3.61. The molecule has 0 aliphatic heterocycles. The van der Waals surface area contributed by atoms with Gasteiger partial charge in [0.25, 0.3) is 0 Å². The lowest BCUT2D eigenvalue weighted by atomic mass is 9.85. The molecule has 1 aliphatic carbocycles. The Hall–Kier alpha value is -0.100. The van der Waals surface area contributed by atoms with Crippen molar-refractivity contribution in [3.05, 3.63) is 27.1 Å². The Morgan fingerprint density at radius 2 is 1.90 bits per heavy atom. The second-order valence-electron chi connectivity index (χ2n) is 5.34. The molecule has 118 valence electrons. The molecule has 21 heavy (non-hydrogen) atoms. The molecule has 1 N–H and O–H groups in total. The number of ether oxygens (including phenoxy) is 2. The minimum absolute atomic E-state index is 0.112. The monoisotopic (exact) mass is 419 g/mol. The van der Waals surface area contributed by atoms with Crippen LogP contribution in [0.1, 0.15) is 33.1 Å². The highest BCUT2D eigenvalue weighted by molar-refractivity contribution is 9.11. The standard InChI is InChI=1S/C16H23Br2NO2/c1-3-8-19-13-10-14(16(13)20-9-4-2)21-15-11(17)6-5-7-12(15)18/h5-7,13-14,16,19H,3-4,8-10H2,1-2H3. The van der Waals surface area contributed by atoms with Gasteiger partial charge in [-0.15, -0.1) is 0 Å². The Morgan fingerprint density at radius 3 is 2.52 bits per heavy atom. The molecule has 0 aromatic heterocycles. The van der Waals surface area contributed by atoms with E-state index in [-0.39, 0.29) is 12.2 Å². The Kier molecular flexibility index (Phi) is 6.99. The summed E-state index contributed by atoms with van der Waals surface area (Å²) >= 11 is 7.09. The van der Waals surface area contributed by atoms with Crippen molar-refractivity contribution in [1.82, 2.24) is 5.32 Å². The van der Waals surface area contributed by atoms with Crippen molar-refractivity contribution < 1.29 is 9.47 Å². The third kappa shape index (κ3) is 4.44. The van der Waals surface area contributed by atoms with Crippen molar-refractivity contribution in [3.8, 4) is 5.75 Å². The first kappa shape index (κ1) is 17.3. The van der Waals surface area contributed by atoms with Gasteiger partial charge in [0, 0.05) is 19.1 Å². The molecule has 0 spiro atoms. The van der Waals surface area contributed by atoms with E-state index < -0.39 is 0 Å². The quantitative estimate of drug-likeness (QED) is 0.670. The van der Waals surface area contributed by atoms with E-state index in [0.717, 1.165) is 47.1 Å². The molecule has 0 saturated heterocycles. The fourth-order valence-corrected chi connectivity index (χ4v) is 3.64. The lowest BCUT2D eigenvalue weighted by Gasteiger charge is -2.44. The molecule has 0 amide bonds. The highest BCUT2D eigenvalue weighted by Crippen LogP contribution is 2.37. The van der Waals surface area contributed by atoms with Crippen LogP contribution in [0.4, 0.5) is 0 Å². The van der Waals surface area contributed by atoms with Gasteiger partial charge in [-0.2, -0.15) is 0 Å². The lowest BCUT2D eigenvalue weighted by Crippen LogP contribution is -2.61. The van der Waals surface area contributed by atoms with E-state index in [0.29, 0.717) is 6.04 Å². The molecule has 1 aliphatic rings. The SMILES string of the molecule is CCCNC1CC(Oc2c(Br)cccc2Br)C1OCCC. The van der Waals surface area contributed by atoms with Crippen LogP contribution in [0.15, 0.2) is 27.1 Å². The van der Waals surface area contributed by atoms with E-state index in [1.165, 1.54) is 0 Å². The molecular weight excluding hydrogens is 398 g/mol. The Morgan fingerprint density at radius 1 is 1.19 bits per heavy atom. The van der Waals surface area contributed by atoms with Crippen molar-refractivity contribution in [1.29, 1.82) is 0 Å². The summed E-state index contributed by atoms with van der Waals surface area (Å²) in [6, 6.07) is 6.38. The maximum Gasteiger partial charge on any atom is 0.148 e. The van der Waals surface area contributed by atoms with Gasteiger partial charge in [0.15, 0.2) is 0 Å². The van der Waals surface area contributed by atoms with Gasteiger partial charge in [-0.1, -0.05) is 19.9 Å². The lowest BCUT2D eigenvalue weighted by molar-refractivity contribution is -0.108. The molecule has 3 unspecified atom stereocenters. The van der Waals surface area contributed by atoms with Crippen LogP contribution in [0.2, 0.25) is 0 Å². The summed E-state index contributed by atoms with van der Waals surface area (Å²) in [4.78, 5) is 0. The van der Waals surface area contributed by atoms with Crippen LogP contribution in [-0.4, -0.2) is 31.4 Å². The third-order valence-corrected chi connectivity index (χ3v) is 4.86. The molecule has 0 radical (unpaired) electrons. The highest BCUT2D eigenvalue weighted by Gasteiger charge is 2.43. The van der Waals surface area contributed by atoms with Crippen molar-refractivity contribution in [2.45, 2.75) is 51.4 Å². The molecule has 1 aromatic rings. The average Bonchev–Trinajstić information content (AvgIpc) is 2.45. The second kappa shape index (κ2) is 8.51. The van der Waals surface area contributed by atoms with Crippen LogP contribution in [0.5, 0.6) is 5.75 Å². The van der Waals surface area contributed by atoms with Gasteiger partial charge in [0.2, 0.25) is 0 Å². The normalized spacial score (nSPS) is 24.7. The topological polar surface area (TPSA) is 30.5 Å². The molecular formula is C16H23Br2NO2. The zero-order valence-corrected chi connectivity index (χ0v) is 15.7. The summed E-state index contributed by atoms with van der Waals surface area (Å²) in [5.41, 5.74) is 0. The Balaban J connectivity index is 1.98. The zero-order chi connectivity index (χ0) is 15.2. The zero-order valence-electron chi connectivity index (χ0n) is 12.6. The number of hydrogen-bond donors (Lipinski definition) is 1. The molecule has 1 fully saturated rings. The van der Waals surface area contributed by atoms with Crippen molar-refractivity contribution in [3.63, 3.8) is 0 Å². The van der Waals surface area contributed by atoms with Crippen molar-refractivity contribution in [2.75, 3.05) is 13.2 Å². The number of hydrogen-bond acceptors (Lipinski definition) is 3. The summed E-state index contributed by atoms with van der Waals surface area (Å²) < 4.78 is 14.1. The highest BCUT2D eigenvalue weighted by atomic mass is 79.9. The number of para-hydroxylation sites is 1. The van der Waals surface area contributed by atoms with Gasteiger partial charge in [-0.3, -0.25) is 0 Å². The number of nitrogens with one attached hydrogen (secondary N) is 1. The summed E-state index contributed by atoms with van der Waals surface area (Å²) in [5.74, 6) is 0.863. The van der Waals surface area contributed by atoms with Crippen LogP contribution >= 0.6 is 31.9 Å². The second-order valence-corrected chi connectivity index (χ2v) is 7.05. The van der Waals surface area contributed by atoms with Crippen molar-refractivity contribution >= 4 is 31.9 Å². The number of benzene rings is 1. The maximum atomic E-state index is 6.17.